The predicted octanol–water partition coefficient (Wildman–Crippen LogP) is 3.03. The Morgan fingerprint density at radius 3 is 2.58 bits per heavy atom. The van der Waals surface area contributed by atoms with E-state index in [0.717, 1.165) is 0 Å². The molecule has 0 radical (unpaired) electrons. The molecule has 0 bridgehead atoms. The van der Waals surface area contributed by atoms with Crippen LogP contribution in [0.4, 0.5) is 0 Å². The van der Waals surface area contributed by atoms with Crippen LogP contribution >= 0.6 is 24.8 Å². The molecular weight excluding hydrogens is 335 g/mol. The second-order valence-corrected chi connectivity index (χ2v) is 22.2. The SMILES string of the molecule is Cl.Cl.[CH3][Ti](=[O])(=[SiH2])([CH2]CCO)[CH]1C=Cc2ccccc21. The van der Waals surface area contributed by atoms with Crippen LogP contribution in [-0.2, 0) is 17.3 Å². The molecule has 1 aromatic carbocycles. The fourth-order valence-electron chi connectivity index (χ4n) is 2.67. The Bertz CT molecular complexity index is 592. The topological polar surface area (TPSA) is 37.3 Å². The molecule has 6 heteroatoms. The van der Waals surface area contributed by atoms with Crippen molar-refractivity contribution in [2.45, 2.75) is 20.6 Å². The summed E-state index contributed by atoms with van der Waals surface area (Å²) in [5.74, 6) is 0. The van der Waals surface area contributed by atoms with E-state index in [1.807, 2.05) is 17.4 Å². The second-order valence-electron chi connectivity index (χ2n) is 5.56. The van der Waals surface area contributed by atoms with Gasteiger partial charge < -0.3 is 0 Å². The molecule has 0 spiro atoms. The number of hydrogen-bond acceptors (Lipinski definition) is 2. The first-order chi connectivity index (χ1) is 7.92. The van der Waals surface area contributed by atoms with E-state index in [-0.39, 0.29) is 35.6 Å². The fourth-order valence-corrected chi connectivity index (χ4v) is 10.2. The summed E-state index contributed by atoms with van der Waals surface area (Å²) in [5, 5.41) is 10.9. The van der Waals surface area contributed by atoms with Gasteiger partial charge in [0.05, 0.1) is 0 Å². The van der Waals surface area contributed by atoms with Gasteiger partial charge in [-0.3, -0.25) is 0 Å². The Morgan fingerprint density at radius 1 is 1.32 bits per heavy atom. The van der Waals surface area contributed by atoms with Crippen LogP contribution in [0.5, 0.6) is 0 Å². The average molecular weight is 356 g/mol. The van der Waals surface area contributed by atoms with E-state index in [2.05, 4.69) is 24.3 Å². The van der Waals surface area contributed by atoms with Crippen LogP contribution in [0.1, 0.15) is 21.8 Å². The number of halogens is 2. The van der Waals surface area contributed by atoms with Gasteiger partial charge in [-0.1, -0.05) is 0 Å². The molecule has 1 aliphatic rings. The van der Waals surface area contributed by atoms with Crippen molar-refractivity contribution < 1.29 is 22.4 Å². The van der Waals surface area contributed by atoms with Crippen molar-refractivity contribution in [3.63, 3.8) is 0 Å². The first-order valence-corrected chi connectivity index (χ1v) is 14.3. The Morgan fingerprint density at radius 2 is 1.95 bits per heavy atom. The van der Waals surface area contributed by atoms with Gasteiger partial charge in [0, 0.05) is 0 Å². The third-order valence-corrected chi connectivity index (χ3v) is 13.1. The van der Waals surface area contributed by atoms with Gasteiger partial charge in [-0.15, -0.1) is 24.8 Å². The number of allylic oxidation sites excluding steroid dienone is 1. The first-order valence-electron chi connectivity index (χ1n) is 6.09. The molecule has 0 amide bonds. The third kappa shape index (κ3) is 4.10. The number of rotatable bonds is 4. The van der Waals surface area contributed by atoms with E-state index in [9.17, 15) is 3.32 Å². The summed E-state index contributed by atoms with van der Waals surface area (Å²) in [6.07, 6.45) is 4.82. The molecular formula is C13H21Cl2O2SiTi. The zero-order valence-corrected chi connectivity index (χ0v) is 15.7. The Labute approximate surface area is 129 Å². The zero-order valence-electron chi connectivity index (χ0n) is 11.0. The number of hydrogen-bond donors (Lipinski definition) is 1. The summed E-state index contributed by atoms with van der Waals surface area (Å²) in [6.45, 7) is 0.131. The van der Waals surface area contributed by atoms with Crippen LogP contribution in [0.25, 0.3) is 6.08 Å². The van der Waals surface area contributed by atoms with E-state index in [4.69, 9.17) is 5.11 Å². The van der Waals surface area contributed by atoms with Gasteiger partial charge in [0.15, 0.2) is 0 Å². The number of aliphatic hydroxyl groups is 1. The maximum atomic E-state index is 13.2. The zero-order chi connectivity index (χ0) is 12.5. The van der Waals surface area contributed by atoms with Crippen molar-refractivity contribution in [1.82, 2.24) is 0 Å². The van der Waals surface area contributed by atoms with Gasteiger partial charge in [0.25, 0.3) is 0 Å². The monoisotopic (exact) mass is 355 g/mol. The van der Waals surface area contributed by atoms with Crippen molar-refractivity contribution in [1.29, 1.82) is 0 Å². The normalized spacial score (nSPS) is 17.3. The van der Waals surface area contributed by atoms with E-state index in [0.29, 0.717) is 11.1 Å². The van der Waals surface area contributed by atoms with E-state index in [1.165, 1.54) is 11.1 Å². The van der Waals surface area contributed by atoms with Crippen LogP contribution in [0.15, 0.2) is 30.3 Å². The molecule has 0 aromatic heterocycles. The number of aliphatic hydroxyl groups excluding tert-OH is 1. The van der Waals surface area contributed by atoms with Gasteiger partial charge in [-0.2, -0.15) is 0 Å². The summed E-state index contributed by atoms with van der Waals surface area (Å²) in [4.78, 5) is 0. The van der Waals surface area contributed by atoms with Crippen LogP contribution in [0.2, 0.25) is 9.95 Å². The Hall–Kier alpha value is 0.231. The molecule has 1 aromatic rings. The predicted molar refractivity (Wildman–Crippen MR) is 84.3 cm³/mol. The van der Waals surface area contributed by atoms with Crippen molar-refractivity contribution in [2.75, 3.05) is 6.61 Å². The molecule has 2 nitrogen and oxygen atoms in total. The molecule has 0 saturated heterocycles. The number of fused-ring (bicyclic) bond motifs is 1. The van der Waals surface area contributed by atoms with Gasteiger partial charge in [-0.05, 0) is 0 Å². The Balaban J connectivity index is 0.00000162. The third-order valence-electron chi connectivity index (χ3n) is 3.69. The second kappa shape index (κ2) is 6.79. The van der Waals surface area contributed by atoms with Crippen LogP contribution in [0, 0.1) is 0 Å². The van der Waals surface area contributed by atoms with Crippen molar-refractivity contribution in [2.24, 2.45) is 0 Å². The van der Waals surface area contributed by atoms with E-state index in [1.54, 1.807) is 7.63 Å². The molecule has 0 saturated carbocycles. The van der Waals surface area contributed by atoms with Crippen molar-refractivity contribution in [3.8, 4) is 0 Å². The minimum atomic E-state index is -3.72. The van der Waals surface area contributed by atoms with Crippen LogP contribution in [0.3, 0.4) is 0 Å². The molecule has 2 rings (SSSR count). The fraction of sp³-hybridized carbons (Fsp3) is 0.385. The standard InChI is InChI=1S/C9H7.C3H7O.CH3.2ClH.O.H2Si.Ti/c1-2-5-9-7-3-6-8(9)4-1;1-2-3-4;;;;;;/h1-7H;4H,1-3H2;1H3;2*1H;;1H2;. The molecule has 1 aliphatic carbocycles. The minimum absolute atomic E-state index is 0. The van der Waals surface area contributed by atoms with Crippen LogP contribution < -0.4 is 0 Å². The molecule has 19 heavy (non-hydrogen) atoms. The summed E-state index contributed by atoms with van der Waals surface area (Å²) in [6, 6.07) is 8.18. The molecule has 0 fully saturated rings. The summed E-state index contributed by atoms with van der Waals surface area (Å²) in [7, 11) is 1.71. The van der Waals surface area contributed by atoms with Gasteiger partial charge >= 0.3 is 105 Å². The maximum absolute atomic E-state index is 13.2. The molecule has 0 aliphatic heterocycles. The van der Waals surface area contributed by atoms with E-state index >= 15 is 0 Å². The summed E-state index contributed by atoms with van der Waals surface area (Å²) in [5.41, 5.74) is 2.40. The van der Waals surface area contributed by atoms with Gasteiger partial charge in [0.1, 0.15) is 0 Å². The molecule has 1 unspecified atom stereocenters. The number of benzene rings is 1. The van der Waals surface area contributed by atoms with Crippen LogP contribution in [-0.4, -0.2) is 19.3 Å². The molecule has 1 N–H and O–H groups in total. The summed E-state index contributed by atoms with van der Waals surface area (Å²) < 4.78 is 14.0. The molecule has 1 atom stereocenters. The molecule has 0 heterocycles. The van der Waals surface area contributed by atoms with Crippen molar-refractivity contribution >= 4 is 38.5 Å². The summed E-state index contributed by atoms with van der Waals surface area (Å²) >= 11 is -3.72. The average Bonchev–Trinajstić information content (AvgIpc) is 2.71. The quantitative estimate of drug-likeness (QED) is 0.843. The van der Waals surface area contributed by atoms with Gasteiger partial charge in [0.2, 0.25) is 0 Å². The van der Waals surface area contributed by atoms with E-state index < -0.39 is 14.0 Å². The molecule has 107 valence electrons. The van der Waals surface area contributed by atoms with Crippen molar-refractivity contribution in [3.05, 3.63) is 41.5 Å². The first kappa shape index (κ1) is 19.2. The van der Waals surface area contributed by atoms with Gasteiger partial charge in [-0.25, -0.2) is 0 Å². The Kier molecular flexibility index (Phi) is 6.87.